The Bertz CT molecular complexity index is 1400. The van der Waals surface area contributed by atoms with Crippen LogP contribution in [0.1, 0.15) is 24.7 Å². The van der Waals surface area contributed by atoms with E-state index in [1.165, 1.54) is 16.8 Å². The highest BCUT2D eigenvalue weighted by Crippen LogP contribution is 2.43. The van der Waals surface area contributed by atoms with E-state index in [9.17, 15) is 9.18 Å². The molecule has 3 heterocycles. The summed E-state index contributed by atoms with van der Waals surface area (Å²) in [6, 6.07) is 3.34. The zero-order valence-corrected chi connectivity index (χ0v) is 17.8. The van der Waals surface area contributed by atoms with E-state index in [1.54, 1.807) is 6.07 Å². The van der Waals surface area contributed by atoms with E-state index in [1.807, 2.05) is 0 Å². The Labute approximate surface area is 189 Å². The number of nitrogens with two attached hydrogens (primary N) is 2. The van der Waals surface area contributed by atoms with Gasteiger partial charge in [-0.1, -0.05) is 23.2 Å². The molecule has 1 aliphatic rings. The smallest absolute Gasteiger partial charge is 0.268 e. The number of hydrogen-bond acceptors (Lipinski definition) is 8. The van der Waals surface area contributed by atoms with E-state index in [2.05, 4.69) is 30.5 Å². The molecule has 1 aromatic carbocycles. The fourth-order valence-corrected chi connectivity index (χ4v) is 4.03. The highest BCUT2D eigenvalue weighted by Gasteiger charge is 2.37. The number of rotatable bonds is 5. The number of aromatic amines is 1. The Morgan fingerprint density at radius 1 is 1.22 bits per heavy atom. The standard InChI is InChI=1S/C19H16Cl2FN9O/c20-9-5-8(22)6-10-12(9)18(32)31(11-3-4-25-30-11)17(26-10)14(7-1-2-7)27-16-13(21)15(23)28-19(24)29-16/h3-7,14H,1-2H2,(H,25,30)(H5,23,24,27,28,29). The molecule has 0 saturated heterocycles. The van der Waals surface area contributed by atoms with Gasteiger partial charge in [0.2, 0.25) is 5.95 Å². The van der Waals surface area contributed by atoms with Crippen LogP contribution in [0.4, 0.5) is 22.0 Å². The average molecular weight is 476 g/mol. The summed E-state index contributed by atoms with van der Waals surface area (Å²) in [7, 11) is 0. The largest absolute Gasteiger partial charge is 0.382 e. The Balaban J connectivity index is 1.76. The fraction of sp³-hybridized carbons (Fsp3) is 0.211. The fourth-order valence-electron chi connectivity index (χ4n) is 3.61. The van der Waals surface area contributed by atoms with Crippen molar-refractivity contribution in [1.29, 1.82) is 0 Å². The molecule has 0 aliphatic heterocycles. The molecule has 5 rings (SSSR count). The molecule has 1 unspecified atom stereocenters. The van der Waals surface area contributed by atoms with Crippen LogP contribution in [0, 0.1) is 11.7 Å². The highest BCUT2D eigenvalue weighted by atomic mass is 35.5. The summed E-state index contributed by atoms with van der Waals surface area (Å²) in [6.45, 7) is 0. The van der Waals surface area contributed by atoms with Crippen LogP contribution in [0.2, 0.25) is 10.0 Å². The quantitative estimate of drug-likeness (QED) is 0.343. The van der Waals surface area contributed by atoms with Gasteiger partial charge in [0.1, 0.15) is 28.3 Å². The van der Waals surface area contributed by atoms with Crippen molar-refractivity contribution < 1.29 is 4.39 Å². The van der Waals surface area contributed by atoms with Gasteiger partial charge in [0.05, 0.1) is 28.2 Å². The molecular weight excluding hydrogens is 460 g/mol. The minimum absolute atomic E-state index is 0.0162. The van der Waals surface area contributed by atoms with Gasteiger partial charge in [-0.05, 0) is 24.8 Å². The molecule has 10 nitrogen and oxygen atoms in total. The van der Waals surface area contributed by atoms with E-state index < -0.39 is 17.4 Å². The van der Waals surface area contributed by atoms with Gasteiger partial charge >= 0.3 is 0 Å². The molecule has 4 aromatic rings. The molecule has 32 heavy (non-hydrogen) atoms. The molecule has 0 spiro atoms. The second-order valence-corrected chi connectivity index (χ2v) is 8.21. The summed E-state index contributed by atoms with van der Waals surface area (Å²) in [5.41, 5.74) is 11.2. The third kappa shape index (κ3) is 3.49. The van der Waals surface area contributed by atoms with Crippen LogP contribution in [-0.4, -0.2) is 29.7 Å². The number of halogens is 3. The summed E-state index contributed by atoms with van der Waals surface area (Å²) in [5, 5.41) is 10.1. The van der Waals surface area contributed by atoms with Gasteiger partial charge in [-0.25, -0.2) is 13.9 Å². The van der Waals surface area contributed by atoms with Gasteiger partial charge in [0.25, 0.3) is 5.56 Å². The summed E-state index contributed by atoms with van der Waals surface area (Å²) < 4.78 is 15.4. The van der Waals surface area contributed by atoms with Crippen LogP contribution in [-0.2, 0) is 0 Å². The lowest BCUT2D eigenvalue weighted by Gasteiger charge is -2.23. The molecule has 0 amide bonds. The maximum Gasteiger partial charge on any atom is 0.268 e. The van der Waals surface area contributed by atoms with Crippen molar-refractivity contribution in [2.45, 2.75) is 18.9 Å². The number of aromatic nitrogens is 6. The van der Waals surface area contributed by atoms with E-state index in [4.69, 9.17) is 34.7 Å². The SMILES string of the molecule is Nc1nc(N)c(Cl)c(NC(c2nc3cc(F)cc(Cl)c3c(=O)n2-c2ccn[nH]2)C2CC2)n1. The maximum absolute atomic E-state index is 14.1. The number of nitrogen functional groups attached to an aromatic ring is 2. The average Bonchev–Trinajstić information content (AvgIpc) is 3.42. The number of H-pyrrole nitrogens is 1. The minimum Gasteiger partial charge on any atom is -0.382 e. The third-order valence-corrected chi connectivity index (χ3v) is 5.87. The number of nitrogens with one attached hydrogen (secondary N) is 2. The molecule has 6 N–H and O–H groups in total. The second kappa shape index (κ2) is 7.61. The first-order valence-electron chi connectivity index (χ1n) is 9.60. The lowest BCUT2D eigenvalue weighted by molar-refractivity contribution is 0.603. The van der Waals surface area contributed by atoms with Crippen molar-refractivity contribution in [3.05, 3.63) is 56.4 Å². The van der Waals surface area contributed by atoms with Crippen LogP contribution in [0.5, 0.6) is 0 Å². The van der Waals surface area contributed by atoms with Crippen LogP contribution in [0.3, 0.4) is 0 Å². The molecule has 1 aliphatic carbocycles. The Kier molecular flexibility index (Phi) is 4.86. The van der Waals surface area contributed by atoms with Crippen LogP contribution < -0.4 is 22.3 Å². The molecule has 1 atom stereocenters. The van der Waals surface area contributed by atoms with Gasteiger partial charge < -0.3 is 16.8 Å². The Morgan fingerprint density at radius 3 is 2.69 bits per heavy atom. The van der Waals surface area contributed by atoms with Crippen molar-refractivity contribution >= 4 is 51.7 Å². The molecule has 0 bridgehead atoms. The summed E-state index contributed by atoms with van der Waals surface area (Å²) in [6.07, 6.45) is 3.24. The number of anilines is 3. The number of benzene rings is 1. The second-order valence-electron chi connectivity index (χ2n) is 7.42. The molecule has 3 aromatic heterocycles. The summed E-state index contributed by atoms with van der Waals surface area (Å²) in [5.74, 6) is 0.345. The normalized spacial score (nSPS) is 14.6. The summed E-state index contributed by atoms with van der Waals surface area (Å²) >= 11 is 12.5. The topological polar surface area (TPSA) is 153 Å². The zero-order valence-electron chi connectivity index (χ0n) is 16.3. The van der Waals surface area contributed by atoms with E-state index in [0.717, 1.165) is 18.9 Å². The van der Waals surface area contributed by atoms with E-state index in [0.29, 0.717) is 11.6 Å². The predicted molar refractivity (Wildman–Crippen MR) is 119 cm³/mol. The minimum atomic E-state index is -0.602. The first-order chi connectivity index (χ1) is 15.3. The lowest BCUT2D eigenvalue weighted by Crippen LogP contribution is -2.30. The van der Waals surface area contributed by atoms with Gasteiger partial charge in [-0.2, -0.15) is 15.1 Å². The molecule has 13 heteroatoms. The van der Waals surface area contributed by atoms with Crippen molar-refractivity contribution in [2.24, 2.45) is 5.92 Å². The van der Waals surface area contributed by atoms with Gasteiger partial charge in [0, 0.05) is 12.1 Å². The van der Waals surface area contributed by atoms with E-state index in [-0.39, 0.29) is 44.5 Å². The van der Waals surface area contributed by atoms with Gasteiger partial charge in [-0.15, -0.1) is 0 Å². The molecule has 1 saturated carbocycles. The van der Waals surface area contributed by atoms with Crippen LogP contribution in [0.15, 0.2) is 29.2 Å². The highest BCUT2D eigenvalue weighted by molar-refractivity contribution is 6.35. The predicted octanol–water partition coefficient (Wildman–Crippen LogP) is 3.07. The molecule has 1 fully saturated rings. The van der Waals surface area contributed by atoms with Crippen molar-refractivity contribution in [1.82, 2.24) is 29.7 Å². The van der Waals surface area contributed by atoms with Crippen molar-refractivity contribution in [3.63, 3.8) is 0 Å². The number of hydrogen-bond donors (Lipinski definition) is 4. The number of fused-ring (bicyclic) bond motifs is 1. The first kappa shape index (κ1) is 20.5. The van der Waals surface area contributed by atoms with Gasteiger partial charge in [-0.3, -0.25) is 9.89 Å². The molecular formula is C19H16Cl2FN9O. The first-order valence-corrected chi connectivity index (χ1v) is 10.4. The van der Waals surface area contributed by atoms with Crippen molar-refractivity contribution in [3.8, 4) is 5.82 Å². The summed E-state index contributed by atoms with van der Waals surface area (Å²) in [4.78, 5) is 26.1. The zero-order chi connectivity index (χ0) is 22.6. The molecule has 0 radical (unpaired) electrons. The number of nitrogens with zero attached hydrogens (tertiary/aromatic N) is 5. The van der Waals surface area contributed by atoms with Gasteiger partial charge in [0.15, 0.2) is 5.82 Å². The lowest BCUT2D eigenvalue weighted by atomic mass is 10.1. The third-order valence-electron chi connectivity index (χ3n) is 5.20. The molecule has 164 valence electrons. The maximum atomic E-state index is 14.1. The van der Waals surface area contributed by atoms with Crippen molar-refractivity contribution in [2.75, 3.05) is 16.8 Å². The van der Waals surface area contributed by atoms with Crippen LogP contribution >= 0.6 is 23.2 Å². The Hall–Kier alpha value is -3.44. The Morgan fingerprint density at radius 2 is 2.00 bits per heavy atom. The monoisotopic (exact) mass is 475 g/mol. The van der Waals surface area contributed by atoms with E-state index >= 15 is 0 Å². The van der Waals surface area contributed by atoms with Crippen LogP contribution in [0.25, 0.3) is 16.7 Å².